The quantitative estimate of drug-likeness (QED) is 0.791. The summed E-state index contributed by atoms with van der Waals surface area (Å²) in [5.74, 6) is -4.43. The number of benzene rings is 1. The molecule has 2 N–H and O–H groups in total. The Balaban J connectivity index is 1.40. The molecule has 3 heterocycles. The number of hydrogen-bond acceptors (Lipinski definition) is 5. The zero-order valence-electron chi connectivity index (χ0n) is 14.9. The summed E-state index contributed by atoms with van der Waals surface area (Å²) in [5.41, 5.74) is 5.59. The Morgan fingerprint density at radius 3 is 2.45 bits per heavy atom. The predicted octanol–water partition coefficient (Wildman–Crippen LogP) is 2.84. The van der Waals surface area contributed by atoms with Crippen LogP contribution in [0.5, 0.6) is 5.88 Å². The van der Waals surface area contributed by atoms with Crippen molar-refractivity contribution in [3.63, 3.8) is 0 Å². The van der Waals surface area contributed by atoms with Crippen molar-refractivity contribution >= 4 is 18.1 Å². The number of hydrogen-bond donors (Lipinski definition) is 1. The van der Waals surface area contributed by atoms with E-state index in [1.165, 1.54) is 11.1 Å². The van der Waals surface area contributed by atoms with Gasteiger partial charge in [0.2, 0.25) is 0 Å². The summed E-state index contributed by atoms with van der Waals surface area (Å²) in [4.78, 5) is 17.6. The van der Waals surface area contributed by atoms with Crippen LogP contribution in [-0.2, 0) is 0 Å². The number of carbonyl (C=O) groups excluding carboxylic acids is 1. The van der Waals surface area contributed by atoms with E-state index >= 15 is 0 Å². The topological polar surface area (TPSA) is 84.0 Å². The van der Waals surface area contributed by atoms with Crippen LogP contribution in [0, 0.1) is 23.3 Å². The highest BCUT2D eigenvalue weighted by atomic mass is 19.1. The molecule has 1 atom stereocenters. The Labute approximate surface area is 162 Å². The standard InChI is InChI=1S/C18H15F4N5O2/c19-10-3-9(4-11(20)5-10)15-1-2-24-27(15)18(28)26-7-12(8-26)29-17-14(22)6-13(21)16(23)25-17/h2-6,12,15H,1,7-8H2,(H2,23,25)/t15-/m0/s1. The molecule has 0 saturated carbocycles. The van der Waals surface area contributed by atoms with Gasteiger partial charge in [-0.15, -0.1) is 0 Å². The van der Waals surface area contributed by atoms with Gasteiger partial charge in [0.1, 0.15) is 17.7 Å². The number of anilines is 1. The molecule has 1 aromatic carbocycles. The van der Waals surface area contributed by atoms with Gasteiger partial charge in [-0.1, -0.05) is 0 Å². The van der Waals surface area contributed by atoms with Gasteiger partial charge in [-0.25, -0.2) is 27.4 Å². The van der Waals surface area contributed by atoms with Gasteiger partial charge >= 0.3 is 6.03 Å². The van der Waals surface area contributed by atoms with E-state index in [0.29, 0.717) is 12.5 Å². The lowest BCUT2D eigenvalue weighted by Gasteiger charge is -2.40. The highest BCUT2D eigenvalue weighted by Gasteiger charge is 2.39. The molecule has 2 aliphatic rings. The molecule has 1 aromatic heterocycles. The predicted molar refractivity (Wildman–Crippen MR) is 94.0 cm³/mol. The van der Waals surface area contributed by atoms with E-state index < -0.39 is 53.1 Å². The number of urea groups is 1. The van der Waals surface area contributed by atoms with Gasteiger partial charge in [-0.3, -0.25) is 0 Å². The molecule has 0 aliphatic carbocycles. The van der Waals surface area contributed by atoms with Crippen molar-refractivity contribution in [2.24, 2.45) is 5.10 Å². The van der Waals surface area contributed by atoms with Gasteiger partial charge in [-0.2, -0.15) is 10.1 Å². The molecule has 0 spiro atoms. The third-order valence-electron chi connectivity index (χ3n) is 4.62. The van der Waals surface area contributed by atoms with Gasteiger partial charge in [0.15, 0.2) is 17.5 Å². The number of pyridine rings is 1. The molecule has 152 valence electrons. The second-order valence-corrected chi connectivity index (χ2v) is 6.67. The van der Waals surface area contributed by atoms with Crippen molar-refractivity contribution in [3.8, 4) is 5.88 Å². The molecule has 4 rings (SSSR count). The molecule has 1 fully saturated rings. The lowest BCUT2D eigenvalue weighted by Crippen LogP contribution is -2.59. The van der Waals surface area contributed by atoms with E-state index in [1.54, 1.807) is 0 Å². The lowest BCUT2D eigenvalue weighted by molar-refractivity contribution is 0.0230. The normalized spacial score (nSPS) is 18.8. The number of nitrogens with zero attached hydrogens (tertiary/aromatic N) is 4. The van der Waals surface area contributed by atoms with Crippen LogP contribution in [0.4, 0.5) is 28.2 Å². The number of ether oxygens (including phenoxy) is 1. The summed E-state index contributed by atoms with van der Waals surface area (Å²) in [6, 6.07) is 2.50. The van der Waals surface area contributed by atoms with E-state index in [9.17, 15) is 22.4 Å². The van der Waals surface area contributed by atoms with E-state index in [-0.39, 0.29) is 18.7 Å². The van der Waals surface area contributed by atoms with Crippen LogP contribution >= 0.6 is 0 Å². The summed E-state index contributed by atoms with van der Waals surface area (Å²) in [6.45, 7) is 0.209. The van der Waals surface area contributed by atoms with Gasteiger partial charge in [-0.05, 0) is 17.7 Å². The van der Waals surface area contributed by atoms with Gasteiger partial charge in [0, 0.05) is 24.8 Å². The zero-order chi connectivity index (χ0) is 20.7. The maximum absolute atomic E-state index is 13.7. The number of carbonyl (C=O) groups is 1. The van der Waals surface area contributed by atoms with Crippen LogP contribution in [-0.4, -0.2) is 46.3 Å². The van der Waals surface area contributed by atoms with Crippen molar-refractivity contribution in [1.29, 1.82) is 0 Å². The van der Waals surface area contributed by atoms with E-state index in [4.69, 9.17) is 10.5 Å². The fourth-order valence-electron chi connectivity index (χ4n) is 3.16. The van der Waals surface area contributed by atoms with Crippen LogP contribution in [0.2, 0.25) is 0 Å². The molecular formula is C18H15F4N5O2. The molecule has 2 amide bonds. The summed E-state index contributed by atoms with van der Waals surface area (Å²) >= 11 is 0. The maximum atomic E-state index is 13.7. The average molecular weight is 409 g/mol. The highest BCUT2D eigenvalue weighted by molar-refractivity contribution is 5.79. The Morgan fingerprint density at radius 1 is 1.07 bits per heavy atom. The largest absolute Gasteiger partial charge is 0.468 e. The van der Waals surface area contributed by atoms with Crippen LogP contribution in [0.25, 0.3) is 0 Å². The SMILES string of the molecule is Nc1nc(OC2CN(C(=O)N3N=CC[C@H]3c3cc(F)cc(F)c3)C2)c(F)cc1F. The van der Waals surface area contributed by atoms with Gasteiger partial charge in [0.05, 0.1) is 19.1 Å². The van der Waals surface area contributed by atoms with Crippen molar-refractivity contribution < 1.29 is 27.1 Å². The Kier molecular flexibility index (Phi) is 4.73. The summed E-state index contributed by atoms with van der Waals surface area (Å²) in [6.07, 6.45) is 1.23. The Hall–Kier alpha value is -3.37. The number of halogens is 4. The van der Waals surface area contributed by atoms with Crippen molar-refractivity contribution in [3.05, 3.63) is 53.1 Å². The minimum absolute atomic E-state index is 0.105. The number of amides is 2. The average Bonchev–Trinajstić information content (AvgIpc) is 3.10. The number of rotatable bonds is 3. The van der Waals surface area contributed by atoms with E-state index in [2.05, 4.69) is 10.1 Å². The highest BCUT2D eigenvalue weighted by Crippen LogP contribution is 2.31. The van der Waals surface area contributed by atoms with Crippen LogP contribution in [0.1, 0.15) is 18.0 Å². The summed E-state index contributed by atoms with van der Waals surface area (Å²) in [5, 5.41) is 5.14. The summed E-state index contributed by atoms with van der Waals surface area (Å²) in [7, 11) is 0. The molecular weight excluding hydrogens is 394 g/mol. The van der Waals surface area contributed by atoms with Gasteiger partial charge in [0.25, 0.3) is 5.88 Å². The number of hydrazone groups is 1. The lowest BCUT2D eigenvalue weighted by atomic mass is 10.0. The molecule has 7 nitrogen and oxygen atoms in total. The minimum Gasteiger partial charge on any atom is -0.468 e. The fraction of sp³-hybridized carbons (Fsp3) is 0.278. The van der Waals surface area contributed by atoms with Crippen LogP contribution in [0.3, 0.4) is 0 Å². The van der Waals surface area contributed by atoms with Gasteiger partial charge < -0.3 is 15.4 Å². The maximum Gasteiger partial charge on any atom is 0.341 e. The first-order valence-electron chi connectivity index (χ1n) is 8.66. The molecule has 29 heavy (non-hydrogen) atoms. The van der Waals surface area contributed by atoms with Crippen LogP contribution in [0.15, 0.2) is 29.4 Å². The third-order valence-corrected chi connectivity index (χ3v) is 4.62. The smallest absolute Gasteiger partial charge is 0.341 e. The minimum atomic E-state index is -1.00. The van der Waals surface area contributed by atoms with E-state index in [0.717, 1.165) is 23.2 Å². The molecule has 2 aromatic rings. The monoisotopic (exact) mass is 409 g/mol. The molecule has 1 saturated heterocycles. The van der Waals surface area contributed by atoms with Crippen LogP contribution < -0.4 is 10.5 Å². The second-order valence-electron chi connectivity index (χ2n) is 6.67. The molecule has 0 unspecified atom stereocenters. The zero-order valence-corrected chi connectivity index (χ0v) is 14.9. The Bertz CT molecular complexity index is 976. The number of aromatic nitrogens is 1. The number of nitrogen functional groups attached to an aromatic ring is 1. The molecule has 0 bridgehead atoms. The molecule has 2 aliphatic heterocycles. The van der Waals surface area contributed by atoms with Crippen molar-refractivity contribution in [2.45, 2.75) is 18.6 Å². The second kappa shape index (κ2) is 7.22. The first kappa shape index (κ1) is 19.0. The van der Waals surface area contributed by atoms with E-state index in [1.807, 2.05) is 0 Å². The number of nitrogens with two attached hydrogens (primary N) is 1. The number of likely N-dealkylation sites (tertiary alicyclic amines) is 1. The third kappa shape index (κ3) is 3.67. The first-order valence-corrected chi connectivity index (χ1v) is 8.66. The van der Waals surface area contributed by atoms with Crippen molar-refractivity contribution in [2.75, 3.05) is 18.8 Å². The Morgan fingerprint density at radius 2 is 1.76 bits per heavy atom. The fourth-order valence-corrected chi connectivity index (χ4v) is 3.16. The van der Waals surface area contributed by atoms with Crippen molar-refractivity contribution in [1.82, 2.24) is 14.9 Å². The first-order chi connectivity index (χ1) is 13.8. The molecule has 0 radical (unpaired) electrons. The molecule has 11 heteroatoms. The summed E-state index contributed by atoms with van der Waals surface area (Å²) < 4.78 is 59.2.